The third-order valence-corrected chi connectivity index (χ3v) is 9.06. The Kier molecular flexibility index (Phi) is 20.0. The molecule has 0 heterocycles. The number of unbranched alkanes of at least 4 members (excludes halogenated alkanes) is 16. The topological polar surface area (TPSA) is 40.1 Å². The van der Waals surface area contributed by atoms with Gasteiger partial charge in [0.2, 0.25) is 0 Å². The van der Waals surface area contributed by atoms with E-state index in [4.69, 9.17) is 0 Å². The van der Waals surface area contributed by atoms with Gasteiger partial charge in [0.1, 0.15) is 0 Å². The lowest BCUT2D eigenvalue weighted by molar-refractivity contribution is -0.910. The van der Waals surface area contributed by atoms with Crippen LogP contribution < -0.4 is 4.89 Å². The molecule has 190 valence electrons. The number of nitrogens with zero attached hydrogens (tertiary/aromatic N) is 1. The smallest absolute Gasteiger partial charge is 0.376 e. The van der Waals surface area contributed by atoms with Crippen LogP contribution in [0.5, 0.6) is 0 Å². The molecule has 0 aliphatic heterocycles. The molecule has 0 aromatic rings. The first-order valence-corrected chi connectivity index (χ1v) is 15.1. The molecule has 32 heavy (non-hydrogen) atoms. The molecule has 0 rings (SSSR count). The van der Waals surface area contributed by atoms with Crippen LogP contribution in [0.2, 0.25) is 0 Å². The van der Waals surface area contributed by atoms with Crippen LogP contribution in [0.1, 0.15) is 142 Å². The third kappa shape index (κ3) is 14.8. The molecule has 4 heteroatoms. The molecule has 0 aromatic heterocycles. The average molecular weight is 471 g/mol. The SMILES string of the molecule is CCCCCCCCCCCCCC/C=C\CCCCCCC(CC)([P+](=O)[O-])[N+](C)(C)C. The van der Waals surface area contributed by atoms with E-state index < -0.39 is 13.3 Å². The van der Waals surface area contributed by atoms with Gasteiger partial charge in [-0.25, -0.2) is 0 Å². The van der Waals surface area contributed by atoms with E-state index in [0.29, 0.717) is 10.9 Å². The Morgan fingerprint density at radius 2 is 1.03 bits per heavy atom. The fraction of sp³-hybridized carbons (Fsp3) is 0.929. The van der Waals surface area contributed by atoms with Gasteiger partial charge in [-0.05, 0) is 32.1 Å². The maximum atomic E-state index is 11.9. The summed E-state index contributed by atoms with van der Waals surface area (Å²) in [6.45, 7) is 4.29. The number of rotatable bonds is 23. The van der Waals surface area contributed by atoms with E-state index in [-0.39, 0.29) is 0 Å². The summed E-state index contributed by atoms with van der Waals surface area (Å²) >= 11 is 0. The molecule has 0 saturated carbocycles. The Balaban J connectivity index is 3.54. The van der Waals surface area contributed by atoms with Gasteiger partial charge >= 0.3 is 8.03 Å². The highest BCUT2D eigenvalue weighted by atomic mass is 31.1. The van der Waals surface area contributed by atoms with E-state index in [2.05, 4.69) is 19.1 Å². The van der Waals surface area contributed by atoms with Crippen molar-refractivity contribution in [1.82, 2.24) is 0 Å². The summed E-state index contributed by atoms with van der Waals surface area (Å²) in [5.41, 5.74) is 0. The zero-order valence-corrected chi connectivity index (χ0v) is 23.4. The van der Waals surface area contributed by atoms with Crippen molar-refractivity contribution < 1.29 is 13.9 Å². The molecule has 0 amide bonds. The zero-order chi connectivity index (χ0) is 24.1. The predicted octanol–water partition coefficient (Wildman–Crippen LogP) is 8.89. The Bertz CT molecular complexity index is 473. The van der Waals surface area contributed by atoms with Crippen LogP contribution in [0.3, 0.4) is 0 Å². The summed E-state index contributed by atoms with van der Waals surface area (Å²) in [5, 5.41) is -0.608. The molecule has 2 atom stereocenters. The molecule has 0 saturated heterocycles. The molecule has 0 aromatic carbocycles. The summed E-state index contributed by atoms with van der Waals surface area (Å²) in [5.74, 6) is 0. The van der Waals surface area contributed by atoms with Crippen molar-refractivity contribution in [2.45, 2.75) is 148 Å². The molecular formula is C28H57NO2P+. The number of hydrogen-bond donors (Lipinski definition) is 0. The highest BCUT2D eigenvalue weighted by Crippen LogP contribution is 2.44. The largest absolute Gasteiger partial charge is 0.590 e. The molecule has 0 spiro atoms. The first-order valence-electron chi connectivity index (χ1n) is 13.9. The van der Waals surface area contributed by atoms with Crippen molar-refractivity contribution in [2.75, 3.05) is 21.1 Å². The molecule has 0 fully saturated rings. The molecule has 0 radical (unpaired) electrons. The lowest BCUT2D eigenvalue weighted by Crippen LogP contribution is -2.55. The molecule has 0 bridgehead atoms. The second kappa shape index (κ2) is 20.2. The third-order valence-electron chi connectivity index (χ3n) is 7.24. The van der Waals surface area contributed by atoms with Crippen LogP contribution in [-0.2, 0) is 4.57 Å². The van der Waals surface area contributed by atoms with E-state index in [9.17, 15) is 9.46 Å². The summed E-state index contributed by atoms with van der Waals surface area (Å²) in [6, 6.07) is 0. The monoisotopic (exact) mass is 470 g/mol. The number of hydrogen-bond acceptors (Lipinski definition) is 2. The quantitative estimate of drug-likeness (QED) is 0.0647. The van der Waals surface area contributed by atoms with Gasteiger partial charge in [0.15, 0.2) is 0 Å². The van der Waals surface area contributed by atoms with Crippen molar-refractivity contribution in [2.24, 2.45) is 0 Å². The first kappa shape index (κ1) is 31.8. The van der Waals surface area contributed by atoms with Crippen molar-refractivity contribution in [3.05, 3.63) is 12.2 Å². The van der Waals surface area contributed by atoms with Gasteiger partial charge in [-0.1, -0.05) is 114 Å². The normalized spacial score (nSPS) is 14.8. The lowest BCUT2D eigenvalue weighted by Gasteiger charge is -2.39. The van der Waals surface area contributed by atoms with Crippen molar-refractivity contribution in [3.63, 3.8) is 0 Å². The van der Waals surface area contributed by atoms with Crippen LogP contribution in [-0.4, -0.2) is 30.9 Å². The second-order valence-corrected chi connectivity index (χ2v) is 12.1. The minimum Gasteiger partial charge on any atom is -0.590 e. The van der Waals surface area contributed by atoms with Gasteiger partial charge < -0.3 is 4.89 Å². The van der Waals surface area contributed by atoms with Gasteiger partial charge in [0.25, 0.3) is 5.28 Å². The van der Waals surface area contributed by atoms with Crippen molar-refractivity contribution >= 4 is 8.03 Å². The number of quaternary nitrogens is 1. The molecule has 3 nitrogen and oxygen atoms in total. The van der Waals surface area contributed by atoms with Gasteiger partial charge in [-0.3, -0.25) is 4.48 Å². The molecular weight excluding hydrogens is 413 g/mol. The Morgan fingerprint density at radius 3 is 1.38 bits per heavy atom. The van der Waals surface area contributed by atoms with E-state index >= 15 is 0 Å². The fourth-order valence-corrected chi connectivity index (χ4v) is 5.90. The summed E-state index contributed by atoms with van der Waals surface area (Å²) in [7, 11) is 3.61. The Labute approximate surface area is 202 Å². The minimum absolute atomic E-state index is 0.504. The Morgan fingerprint density at radius 1 is 0.656 bits per heavy atom. The van der Waals surface area contributed by atoms with E-state index in [1.807, 2.05) is 28.1 Å². The summed E-state index contributed by atoms with van der Waals surface area (Å²) in [4.78, 5) is 11.9. The molecule has 2 unspecified atom stereocenters. The highest BCUT2D eigenvalue weighted by Gasteiger charge is 2.52. The maximum Gasteiger partial charge on any atom is 0.376 e. The predicted molar refractivity (Wildman–Crippen MR) is 141 cm³/mol. The summed E-state index contributed by atoms with van der Waals surface area (Å²) < 4.78 is 12.4. The van der Waals surface area contributed by atoms with Crippen LogP contribution in [0.4, 0.5) is 0 Å². The average Bonchev–Trinajstić information content (AvgIpc) is 2.74. The molecule has 0 aliphatic rings. The van der Waals surface area contributed by atoms with Crippen LogP contribution in [0.15, 0.2) is 12.2 Å². The van der Waals surface area contributed by atoms with Crippen molar-refractivity contribution in [1.29, 1.82) is 0 Å². The maximum absolute atomic E-state index is 11.9. The van der Waals surface area contributed by atoms with Crippen LogP contribution in [0.25, 0.3) is 0 Å². The van der Waals surface area contributed by atoms with E-state index in [0.717, 1.165) is 19.3 Å². The van der Waals surface area contributed by atoms with Gasteiger partial charge in [0, 0.05) is 12.8 Å². The fourth-order valence-electron chi connectivity index (χ4n) is 4.81. The first-order chi connectivity index (χ1) is 15.3. The molecule has 0 aliphatic carbocycles. The van der Waals surface area contributed by atoms with Crippen LogP contribution in [0, 0.1) is 0 Å². The van der Waals surface area contributed by atoms with Crippen LogP contribution >= 0.6 is 8.03 Å². The van der Waals surface area contributed by atoms with Gasteiger partial charge in [-0.15, -0.1) is 0 Å². The number of allylic oxidation sites excluding steroid dienone is 2. The van der Waals surface area contributed by atoms with E-state index in [1.54, 1.807) is 0 Å². The standard InChI is InChI=1S/C28H57NO2P/c1-6-8-9-10-11-12-13-14-15-16-17-18-19-20-21-22-23-24-25-26-27-28(7-2,32(30)31)29(3,4)5/h20-21H,6-19,22-27H2,1-5H3/q+1/b21-20-. The van der Waals surface area contributed by atoms with E-state index in [1.165, 1.54) is 103 Å². The summed E-state index contributed by atoms with van der Waals surface area (Å²) in [6.07, 6.45) is 30.1. The highest BCUT2D eigenvalue weighted by molar-refractivity contribution is 7.38. The second-order valence-electron chi connectivity index (χ2n) is 10.7. The van der Waals surface area contributed by atoms with Gasteiger partial charge in [0.05, 0.1) is 21.1 Å². The minimum atomic E-state index is -2.42. The zero-order valence-electron chi connectivity index (χ0n) is 22.5. The van der Waals surface area contributed by atoms with Crippen molar-refractivity contribution in [3.8, 4) is 0 Å². The van der Waals surface area contributed by atoms with Gasteiger partial charge in [-0.2, -0.15) is 0 Å². The molecule has 0 N–H and O–H groups in total. The lowest BCUT2D eigenvalue weighted by atomic mass is 10.0. The Hall–Kier alpha value is -0.240.